The molecule has 1 aromatic heterocycles. The van der Waals surface area contributed by atoms with Crippen LogP contribution in [0, 0.1) is 5.82 Å². The van der Waals surface area contributed by atoms with Crippen LogP contribution in [0.15, 0.2) is 117 Å². The Balaban J connectivity index is 1.54. The number of thioether (sulfide) groups is 1. The number of esters is 1. The lowest BCUT2D eigenvalue weighted by Gasteiger charge is -2.26. The molecule has 6 rings (SSSR count). The molecule has 0 fully saturated rings. The second-order valence-electron chi connectivity index (χ2n) is 10.3. The molecule has 0 N–H and O–H groups in total. The predicted molar refractivity (Wildman–Crippen MR) is 181 cm³/mol. The molecular weight excluding hydrogens is 643 g/mol. The van der Waals surface area contributed by atoms with E-state index >= 15 is 0 Å². The number of fused-ring (bicyclic) bond motifs is 1. The van der Waals surface area contributed by atoms with E-state index in [0.29, 0.717) is 36.9 Å². The van der Waals surface area contributed by atoms with Crippen LogP contribution in [0.4, 0.5) is 4.39 Å². The molecule has 2 heterocycles. The van der Waals surface area contributed by atoms with Crippen LogP contribution in [-0.4, -0.2) is 23.4 Å². The molecular formula is C36H28ClFN2O4S2. The molecule has 4 aromatic carbocycles. The van der Waals surface area contributed by atoms with Gasteiger partial charge in [-0.1, -0.05) is 83.6 Å². The number of hydrogen-bond donors (Lipinski definition) is 0. The van der Waals surface area contributed by atoms with E-state index in [9.17, 15) is 14.0 Å². The van der Waals surface area contributed by atoms with Gasteiger partial charge in [0.2, 0.25) is 0 Å². The van der Waals surface area contributed by atoms with E-state index in [1.807, 2.05) is 60.9 Å². The Hall–Kier alpha value is -4.44. The molecule has 1 atom stereocenters. The first-order valence-electron chi connectivity index (χ1n) is 14.5. The number of carbonyl (C=O) groups excluding carboxylic acids is 1. The maximum Gasteiger partial charge on any atom is 0.338 e. The monoisotopic (exact) mass is 670 g/mol. The van der Waals surface area contributed by atoms with Crippen LogP contribution >= 0.6 is 34.7 Å². The highest BCUT2D eigenvalue weighted by atomic mass is 35.5. The third kappa shape index (κ3) is 6.44. The average molecular weight is 671 g/mol. The van der Waals surface area contributed by atoms with Gasteiger partial charge < -0.3 is 9.47 Å². The molecule has 0 spiro atoms. The highest BCUT2D eigenvalue weighted by Crippen LogP contribution is 2.36. The van der Waals surface area contributed by atoms with E-state index < -0.39 is 12.0 Å². The van der Waals surface area contributed by atoms with E-state index in [4.69, 9.17) is 26.1 Å². The van der Waals surface area contributed by atoms with Gasteiger partial charge in [-0.3, -0.25) is 9.36 Å². The van der Waals surface area contributed by atoms with Gasteiger partial charge in [-0.15, -0.1) is 11.8 Å². The van der Waals surface area contributed by atoms with Crippen LogP contribution in [0.3, 0.4) is 0 Å². The molecule has 46 heavy (non-hydrogen) atoms. The number of ether oxygens (including phenoxy) is 2. The molecule has 6 nitrogen and oxygen atoms in total. The first-order valence-corrected chi connectivity index (χ1v) is 16.9. The van der Waals surface area contributed by atoms with Gasteiger partial charge in [-0.2, -0.15) is 0 Å². The summed E-state index contributed by atoms with van der Waals surface area (Å²) in [6.45, 7) is 1.90. The number of carbonyl (C=O) groups is 1. The van der Waals surface area contributed by atoms with Crippen molar-refractivity contribution < 1.29 is 18.7 Å². The quantitative estimate of drug-likeness (QED) is 0.124. The SMILES string of the molecule is CCOC(=O)C1=C(c2ccccc2)N=c2s/c(=C\c3cc(Cl)ccc3OCc3ccccc3F)c(=O)n2[C@H]1c1ccc(SC)cc1. The van der Waals surface area contributed by atoms with Crippen LogP contribution in [0.25, 0.3) is 11.8 Å². The maximum atomic E-state index is 14.3. The van der Waals surface area contributed by atoms with Gasteiger partial charge in [0.05, 0.1) is 28.5 Å². The van der Waals surface area contributed by atoms with Crippen molar-refractivity contribution in [3.8, 4) is 5.75 Å². The van der Waals surface area contributed by atoms with E-state index in [-0.39, 0.29) is 30.2 Å². The van der Waals surface area contributed by atoms with Gasteiger partial charge in [0.1, 0.15) is 18.2 Å². The van der Waals surface area contributed by atoms with Crippen LogP contribution in [-0.2, 0) is 16.1 Å². The Morgan fingerprint density at radius 2 is 1.78 bits per heavy atom. The van der Waals surface area contributed by atoms with E-state index in [1.165, 1.54) is 17.4 Å². The Labute approximate surface area is 278 Å². The minimum atomic E-state index is -0.792. The van der Waals surface area contributed by atoms with E-state index in [1.54, 1.807) is 65.7 Å². The molecule has 0 unspecified atom stereocenters. The maximum absolute atomic E-state index is 14.3. The summed E-state index contributed by atoms with van der Waals surface area (Å²) >= 11 is 9.17. The fraction of sp³-hybridized carbons (Fsp3) is 0.139. The van der Waals surface area contributed by atoms with E-state index in [2.05, 4.69) is 0 Å². The summed E-state index contributed by atoms with van der Waals surface area (Å²) in [7, 11) is 0. The highest BCUT2D eigenvalue weighted by Gasteiger charge is 2.35. The molecule has 0 saturated carbocycles. The average Bonchev–Trinajstić information content (AvgIpc) is 3.38. The molecule has 5 aromatic rings. The first kappa shape index (κ1) is 31.5. The minimum Gasteiger partial charge on any atom is -0.488 e. The Bertz CT molecular complexity index is 2130. The number of nitrogens with zero attached hydrogens (tertiary/aromatic N) is 2. The fourth-order valence-electron chi connectivity index (χ4n) is 5.22. The second kappa shape index (κ2) is 13.9. The molecule has 232 valence electrons. The van der Waals surface area contributed by atoms with Gasteiger partial charge in [-0.05, 0) is 61.2 Å². The van der Waals surface area contributed by atoms with Crippen molar-refractivity contribution in [1.29, 1.82) is 0 Å². The summed E-state index contributed by atoms with van der Waals surface area (Å²) in [6, 6.07) is 27.8. The molecule has 0 aliphatic carbocycles. The topological polar surface area (TPSA) is 69.9 Å². The zero-order chi connectivity index (χ0) is 32.2. The van der Waals surface area contributed by atoms with Crippen LogP contribution in [0.2, 0.25) is 5.02 Å². The Kier molecular flexibility index (Phi) is 9.53. The first-order chi connectivity index (χ1) is 22.4. The molecule has 1 aliphatic heterocycles. The van der Waals surface area contributed by atoms with Gasteiger partial charge in [-0.25, -0.2) is 14.2 Å². The molecule has 0 radical (unpaired) electrons. The number of thiazole rings is 1. The third-order valence-electron chi connectivity index (χ3n) is 7.40. The summed E-state index contributed by atoms with van der Waals surface area (Å²) in [5, 5.41) is 0.444. The normalized spacial score (nSPS) is 14.5. The lowest BCUT2D eigenvalue weighted by molar-refractivity contribution is -0.138. The zero-order valence-electron chi connectivity index (χ0n) is 24.9. The van der Waals surface area contributed by atoms with Crippen molar-refractivity contribution in [2.75, 3.05) is 12.9 Å². The second-order valence-corrected chi connectivity index (χ2v) is 12.6. The number of aromatic nitrogens is 1. The van der Waals surface area contributed by atoms with Crippen LogP contribution < -0.4 is 19.6 Å². The highest BCUT2D eigenvalue weighted by molar-refractivity contribution is 7.98. The summed E-state index contributed by atoms with van der Waals surface area (Å²) in [5.41, 5.74) is 2.80. The Morgan fingerprint density at radius 3 is 2.50 bits per heavy atom. The van der Waals surface area contributed by atoms with Crippen molar-refractivity contribution in [2.24, 2.45) is 4.99 Å². The summed E-state index contributed by atoms with van der Waals surface area (Å²) < 4.78 is 27.8. The summed E-state index contributed by atoms with van der Waals surface area (Å²) in [4.78, 5) is 34.3. The lowest BCUT2D eigenvalue weighted by atomic mass is 9.93. The Morgan fingerprint density at radius 1 is 1.04 bits per heavy atom. The zero-order valence-corrected chi connectivity index (χ0v) is 27.3. The predicted octanol–water partition coefficient (Wildman–Crippen LogP) is 7.03. The van der Waals surface area contributed by atoms with Crippen molar-refractivity contribution in [1.82, 2.24) is 4.57 Å². The number of halogens is 2. The van der Waals surface area contributed by atoms with Crippen molar-refractivity contribution >= 4 is 52.4 Å². The fourth-order valence-corrected chi connectivity index (χ4v) is 6.80. The van der Waals surface area contributed by atoms with Gasteiger partial charge >= 0.3 is 5.97 Å². The minimum absolute atomic E-state index is 0.00816. The molecule has 10 heteroatoms. The molecule has 0 saturated heterocycles. The van der Waals surface area contributed by atoms with Gasteiger partial charge in [0.25, 0.3) is 5.56 Å². The van der Waals surface area contributed by atoms with Gasteiger partial charge in [0.15, 0.2) is 4.80 Å². The lowest BCUT2D eigenvalue weighted by Crippen LogP contribution is -2.40. The molecule has 1 aliphatic rings. The number of hydrogen-bond acceptors (Lipinski definition) is 7. The largest absolute Gasteiger partial charge is 0.488 e. The third-order valence-corrected chi connectivity index (χ3v) is 9.37. The van der Waals surface area contributed by atoms with Crippen LogP contribution in [0.5, 0.6) is 5.75 Å². The van der Waals surface area contributed by atoms with Crippen LogP contribution in [0.1, 0.15) is 35.2 Å². The summed E-state index contributed by atoms with van der Waals surface area (Å²) in [6.07, 6.45) is 3.68. The summed E-state index contributed by atoms with van der Waals surface area (Å²) in [5.74, 6) is -0.486. The van der Waals surface area contributed by atoms with Crippen molar-refractivity contribution in [2.45, 2.75) is 24.5 Å². The van der Waals surface area contributed by atoms with Gasteiger partial charge in [0, 0.05) is 26.6 Å². The van der Waals surface area contributed by atoms with Crippen molar-refractivity contribution in [3.63, 3.8) is 0 Å². The smallest absolute Gasteiger partial charge is 0.338 e. The molecule has 0 bridgehead atoms. The van der Waals surface area contributed by atoms with E-state index in [0.717, 1.165) is 16.0 Å². The number of benzene rings is 4. The molecule has 0 amide bonds. The number of rotatable bonds is 9. The standard InChI is InChI=1S/C36H28ClFN2O4S2/c1-3-43-35(42)31-32(22-9-5-4-6-10-22)39-36-40(33(31)23-13-16-27(45-2)17-14-23)34(41)30(46-36)20-25-19-26(37)15-18-29(25)44-21-24-11-7-8-12-28(24)38/h4-20,33H,3,21H2,1-2H3/b30-20-/t33-/m0/s1. The van der Waals surface area contributed by atoms with Crippen molar-refractivity contribution in [3.05, 3.63) is 155 Å².